The van der Waals surface area contributed by atoms with Crippen LogP contribution in [0, 0.1) is 0 Å². The van der Waals surface area contributed by atoms with E-state index in [-0.39, 0.29) is 13.0 Å². The first-order valence-corrected chi connectivity index (χ1v) is 11.2. The lowest BCUT2D eigenvalue weighted by atomic mass is 10.0. The normalized spacial score (nSPS) is 11.4. The Hall–Kier alpha value is -1.27. The molecule has 0 heterocycles. The number of carbonyl (C=O) groups is 2. The maximum absolute atomic E-state index is 11.9. The van der Waals surface area contributed by atoms with E-state index in [1.165, 1.54) is 70.6 Å². The zero-order valence-corrected chi connectivity index (χ0v) is 18.0. The van der Waals surface area contributed by atoms with Gasteiger partial charge >= 0.3 is 18.1 Å². The molecule has 0 aliphatic heterocycles. The van der Waals surface area contributed by atoms with E-state index >= 15 is 0 Å². The lowest BCUT2D eigenvalue weighted by Crippen LogP contribution is -2.20. The number of halogens is 3. The van der Waals surface area contributed by atoms with Crippen molar-refractivity contribution in [2.75, 3.05) is 13.2 Å². The van der Waals surface area contributed by atoms with Crippen LogP contribution in [0.5, 0.6) is 0 Å². The van der Waals surface area contributed by atoms with Crippen LogP contribution in [0.25, 0.3) is 0 Å². The van der Waals surface area contributed by atoms with Gasteiger partial charge in [0.1, 0.15) is 0 Å². The highest BCUT2D eigenvalue weighted by atomic mass is 19.4. The maximum Gasteiger partial charge on any atom is 0.422 e. The lowest BCUT2D eigenvalue weighted by molar-refractivity contribution is -0.186. The average Bonchev–Trinajstić information content (AvgIpc) is 2.67. The van der Waals surface area contributed by atoms with Crippen molar-refractivity contribution in [3.8, 4) is 0 Å². The fraction of sp³-hybridized carbons (Fsp3) is 0.909. The van der Waals surface area contributed by atoms with Gasteiger partial charge in [-0.25, -0.2) is 0 Å². The van der Waals surface area contributed by atoms with E-state index in [0.29, 0.717) is 0 Å². The molecule has 0 N–H and O–H groups in total. The molecule has 0 radical (unpaired) electrons. The molecule has 0 spiro atoms. The van der Waals surface area contributed by atoms with Gasteiger partial charge in [-0.2, -0.15) is 13.2 Å². The van der Waals surface area contributed by atoms with Gasteiger partial charge in [0.15, 0.2) is 6.61 Å². The van der Waals surface area contributed by atoms with E-state index in [0.717, 1.165) is 19.3 Å². The van der Waals surface area contributed by atoms with Crippen molar-refractivity contribution in [3.63, 3.8) is 0 Å². The van der Waals surface area contributed by atoms with E-state index in [4.69, 9.17) is 4.74 Å². The van der Waals surface area contributed by atoms with E-state index in [2.05, 4.69) is 11.7 Å². The van der Waals surface area contributed by atoms with Gasteiger partial charge in [0.05, 0.1) is 19.4 Å². The van der Waals surface area contributed by atoms with Crippen LogP contribution >= 0.6 is 0 Å². The van der Waals surface area contributed by atoms with Crippen molar-refractivity contribution < 1.29 is 32.2 Å². The Morgan fingerprint density at radius 3 is 1.41 bits per heavy atom. The standard InChI is InChI=1S/C22H39F3O4/c1-2-3-4-5-6-7-8-9-10-11-12-13-14-15-18-28-20(26)16-17-21(27)29-19-22(23,24)25/h2-19H2,1H3. The summed E-state index contributed by atoms with van der Waals surface area (Å²) >= 11 is 0. The minimum atomic E-state index is -4.55. The molecule has 0 unspecified atom stereocenters. The molecule has 7 heteroatoms. The van der Waals surface area contributed by atoms with Crippen LogP contribution in [0.1, 0.15) is 110 Å². The third-order valence-electron chi connectivity index (χ3n) is 4.69. The summed E-state index contributed by atoms with van der Waals surface area (Å²) in [5, 5.41) is 0. The minimum Gasteiger partial charge on any atom is -0.466 e. The molecule has 0 saturated heterocycles. The molecule has 0 aliphatic carbocycles. The van der Waals surface area contributed by atoms with Gasteiger partial charge in [-0.3, -0.25) is 9.59 Å². The molecule has 0 aromatic carbocycles. The number of carbonyl (C=O) groups excluding carboxylic acids is 2. The topological polar surface area (TPSA) is 52.6 Å². The van der Waals surface area contributed by atoms with Crippen LogP contribution in [-0.2, 0) is 19.1 Å². The third-order valence-corrected chi connectivity index (χ3v) is 4.69. The molecule has 4 nitrogen and oxygen atoms in total. The van der Waals surface area contributed by atoms with Gasteiger partial charge in [0, 0.05) is 0 Å². The van der Waals surface area contributed by atoms with Gasteiger partial charge in [-0.1, -0.05) is 90.4 Å². The molecule has 0 fully saturated rings. The van der Waals surface area contributed by atoms with Gasteiger partial charge in [0.2, 0.25) is 0 Å². The Bertz CT molecular complexity index is 411. The Kier molecular flexibility index (Phi) is 17.9. The zero-order valence-electron chi connectivity index (χ0n) is 18.0. The molecule has 0 saturated carbocycles. The summed E-state index contributed by atoms with van der Waals surface area (Å²) in [6.07, 6.45) is 12.2. The lowest BCUT2D eigenvalue weighted by Gasteiger charge is -2.08. The second kappa shape index (κ2) is 18.7. The van der Waals surface area contributed by atoms with Crippen LogP contribution in [-0.4, -0.2) is 31.3 Å². The number of ether oxygens (including phenoxy) is 2. The summed E-state index contributed by atoms with van der Waals surface area (Å²) in [6, 6.07) is 0. The Morgan fingerprint density at radius 2 is 1.00 bits per heavy atom. The Morgan fingerprint density at radius 1 is 0.621 bits per heavy atom. The first-order chi connectivity index (χ1) is 13.8. The van der Waals surface area contributed by atoms with E-state index in [9.17, 15) is 22.8 Å². The summed E-state index contributed by atoms with van der Waals surface area (Å²) in [7, 11) is 0. The highest BCUT2D eigenvalue weighted by molar-refractivity contribution is 5.77. The quantitative estimate of drug-likeness (QED) is 0.167. The first kappa shape index (κ1) is 27.7. The van der Waals surface area contributed by atoms with Crippen molar-refractivity contribution in [2.45, 2.75) is 116 Å². The average molecular weight is 425 g/mol. The molecule has 0 amide bonds. The number of hydrogen-bond acceptors (Lipinski definition) is 4. The second-order valence-electron chi connectivity index (χ2n) is 7.59. The number of alkyl halides is 3. The van der Waals surface area contributed by atoms with Crippen LogP contribution in [0.2, 0.25) is 0 Å². The fourth-order valence-corrected chi connectivity index (χ4v) is 2.99. The molecule has 0 aromatic heterocycles. The molecule has 0 aliphatic rings. The summed E-state index contributed by atoms with van der Waals surface area (Å²) in [4.78, 5) is 22.5. The monoisotopic (exact) mass is 424 g/mol. The number of unbranched alkanes of at least 4 members (excludes halogenated alkanes) is 13. The molecule has 0 bridgehead atoms. The summed E-state index contributed by atoms with van der Waals surface area (Å²) in [6.45, 7) is 0.899. The molecule has 172 valence electrons. The Balaban J connectivity index is 3.30. The summed E-state index contributed by atoms with van der Waals surface area (Å²) in [5.74, 6) is -1.63. The molecule has 0 rings (SSSR count). The molecule has 29 heavy (non-hydrogen) atoms. The van der Waals surface area contributed by atoms with Crippen LogP contribution in [0.3, 0.4) is 0 Å². The van der Waals surface area contributed by atoms with Crippen LogP contribution in [0.4, 0.5) is 13.2 Å². The highest BCUT2D eigenvalue weighted by Crippen LogP contribution is 2.15. The SMILES string of the molecule is CCCCCCCCCCCCCCCCOC(=O)CCC(=O)OCC(F)(F)F. The summed E-state index contributed by atoms with van der Waals surface area (Å²) in [5.41, 5.74) is 0. The zero-order chi connectivity index (χ0) is 21.8. The van der Waals surface area contributed by atoms with Crippen molar-refractivity contribution in [1.29, 1.82) is 0 Å². The molecule has 0 aromatic rings. The minimum absolute atomic E-state index is 0.255. The molecule has 0 atom stereocenters. The maximum atomic E-state index is 11.9. The van der Waals surface area contributed by atoms with Gasteiger partial charge in [-0.15, -0.1) is 0 Å². The number of rotatable bonds is 19. The second-order valence-corrected chi connectivity index (χ2v) is 7.59. The van der Waals surface area contributed by atoms with Crippen molar-refractivity contribution >= 4 is 11.9 Å². The van der Waals surface area contributed by atoms with Gasteiger partial charge in [-0.05, 0) is 6.42 Å². The van der Waals surface area contributed by atoms with E-state index < -0.39 is 31.1 Å². The predicted octanol–water partition coefficient (Wildman–Crippen LogP) is 6.90. The number of esters is 2. The first-order valence-electron chi connectivity index (χ1n) is 11.2. The van der Waals surface area contributed by atoms with Crippen molar-refractivity contribution in [1.82, 2.24) is 0 Å². The predicted molar refractivity (Wildman–Crippen MR) is 108 cm³/mol. The molecular formula is C22H39F3O4. The van der Waals surface area contributed by atoms with Gasteiger partial charge < -0.3 is 9.47 Å². The smallest absolute Gasteiger partial charge is 0.422 e. The van der Waals surface area contributed by atoms with Crippen molar-refractivity contribution in [2.24, 2.45) is 0 Å². The van der Waals surface area contributed by atoms with Gasteiger partial charge in [0.25, 0.3) is 0 Å². The largest absolute Gasteiger partial charge is 0.466 e. The third kappa shape index (κ3) is 22.9. The van der Waals surface area contributed by atoms with Crippen LogP contribution in [0.15, 0.2) is 0 Å². The summed E-state index contributed by atoms with van der Waals surface area (Å²) < 4.78 is 44.6. The highest BCUT2D eigenvalue weighted by Gasteiger charge is 2.29. The fourth-order valence-electron chi connectivity index (χ4n) is 2.99. The van der Waals surface area contributed by atoms with Crippen LogP contribution < -0.4 is 0 Å². The molecular weight excluding hydrogens is 385 g/mol. The Labute approximate surface area is 173 Å². The van der Waals surface area contributed by atoms with E-state index in [1.54, 1.807) is 0 Å². The van der Waals surface area contributed by atoms with Crippen molar-refractivity contribution in [3.05, 3.63) is 0 Å². The number of hydrogen-bond donors (Lipinski definition) is 0. The van der Waals surface area contributed by atoms with E-state index in [1.807, 2.05) is 0 Å².